The van der Waals surface area contributed by atoms with Crippen LogP contribution in [0.3, 0.4) is 0 Å². The Kier molecular flexibility index (Phi) is 6.47. The summed E-state index contributed by atoms with van der Waals surface area (Å²) in [7, 11) is -2.65. The molecule has 0 fully saturated rings. The number of hydrogen-bond donors (Lipinski definition) is 1. The molecule has 0 saturated heterocycles. The number of aryl methyl sites for hydroxylation is 2. The maximum Gasteiger partial charge on any atom is 0.338 e. The summed E-state index contributed by atoms with van der Waals surface area (Å²) in [6.45, 7) is 3.48. The van der Waals surface area contributed by atoms with Gasteiger partial charge in [-0.1, -0.05) is 48.5 Å². The molecule has 0 saturated carbocycles. The average molecular weight is 455 g/mol. The van der Waals surface area contributed by atoms with E-state index in [2.05, 4.69) is 0 Å². The summed E-state index contributed by atoms with van der Waals surface area (Å²) in [6, 6.07) is 14.9. The van der Waals surface area contributed by atoms with E-state index in [4.69, 9.17) is 9.47 Å². The van der Waals surface area contributed by atoms with Crippen molar-refractivity contribution in [2.45, 2.75) is 18.7 Å². The van der Waals surface area contributed by atoms with Gasteiger partial charge in [0.05, 0.1) is 25.3 Å². The Morgan fingerprint density at radius 1 is 0.750 bits per heavy atom. The molecule has 3 aromatic rings. The van der Waals surface area contributed by atoms with Gasteiger partial charge in [-0.3, -0.25) is 4.55 Å². The Morgan fingerprint density at radius 3 is 1.44 bits per heavy atom. The van der Waals surface area contributed by atoms with Gasteiger partial charge in [-0.15, -0.1) is 0 Å². The van der Waals surface area contributed by atoms with E-state index in [0.717, 1.165) is 14.2 Å². The van der Waals surface area contributed by atoms with Crippen LogP contribution in [0.4, 0.5) is 0 Å². The molecule has 0 aromatic heterocycles. The lowest BCUT2D eigenvalue weighted by Gasteiger charge is -2.21. The van der Waals surface area contributed by atoms with E-state index in [1.165, 1.54) is 6.07 Å². The summed E-state index contributed by atoms with van der Waals surface area (Å²) in [6.07, 6.45) is 0. The fourth-order valence-corrected chi connectivity index (χ4v) is 4.66. The molecule has 0 bridgehead atoms. The number of hydrogen-bond acceptors (Lipinski definition) is 6. The molecule has 0 aliphatic rings. The van der Waals surface area contributed by atoms with Crippen molar-refractivity contribution >= 4 is 22.1 Å². The van der Waals surface area contributed by atoms with E-state index in [0.29, 0.717) is 22.3 Å². The summed E-state index contributed by atoms with van der Waals surface area (Å²) in [5.41, 5.74) is 1.62. The Bertz CT molecular complexity index is 1240. The minimum atomic E-state index is -4.94. The van der Waals surface area contributed by atoms with Crippen molar-refractivity contribution in [2.24, 2.45) is 0 Å². The van der Waals surface area contributed by atoms with Gasteiger partial charge < -0.3 is 9.47 Å². The predicted molar refractivity (Wildman–Crippen MR) is 119 cm³/mol. The van der Waals surface area contributed by atoms with Gasteiger partial charge in [0.25, 0.3) is 10.1 Å². The molecule has 8 heteroatoms. The van der Waals surface area contributed by atoms with Crippen LogP contribution in [-0.2, 0) is 19.6 Å². The molecule has 7 nitrogen and oxygen atoms in total. The number of carbonyl (C=O) groups is 2. The number of ether oxygens (including phenoxy) is 2. The van der Waals surface area contributed by atoms with E-state index >= 15 is 0 Å². The minimum Gasteiger partial charge on any atom is -0.465 e. The van der Waals surface area contributed by atoms with Crippen molar-refractivity contribution in [1.29, 1.82) is 0 Å². The SMILES string of the molecule is COC(=O)c1cc(C(=O)OC)c(-c2ccccc2C)c(S(=O)(=O)O)c1-c1ccccc1C. The first-order valence-corrected chi connectivity index (χ1v) is 11.0. The van der Waals surface area contributed by atoms with Crippen molar-refractivity contribution in [2.75, 3.05) is 14.2 Å². The Balaban J connectivity index is 2.70. The second-order valence-electron chi connectivity index (χ2n) is 7.14. The van der Waals surface area contributed by atoms with E-state index in [1.54, 1.807) is 62.4 Å². The molecule has 0 atom stereocenters. The van der Waals surface area contributed by atoms with Gasteiger partial charge in [-0.05, 0) is 42.2 Å². The molecule has 0 aliphatic heterocycles. The highest BCUT2D eigenvalue weighted by Crippen LogP contribution is 2.43. The predicted octanol–water partition coefficient (Wildman–Crippen LogP) is 4.46. The van der Waals surface area contributed by atoms with E-state index < -0.39 is 27.0 Å². The summed E-state index contributed by atoms with van der Waals surface area (Å²) in [4.78, 5) is 24.9. The van der Waals surface area contributed by atoms with Crippen molar-refractivity contribution in [3.8, 4) is 22.3 Å². The highest BCUT2D eigenvalue weighted by Gasteiger charge is 2.33. The highest BCUT2D eigenvalue weighted by molar-refractivity contribution is 7.86. The van der Waals surface area contributed by atoms with Crippen molar-refractivity contribution < 1.29 is 32.0 Å². The van der Waals surface area contributed by atoms with Crippen molar-refractivity contribution in [3.05, 3.63) is 76.9 Å². The van der Waals surface area contributed by atoms with Gasteiger partial charge in [0.1, 0.15) is 4.90 Å². The zero-order valence-electron chi connectivity index (χ0n) is 18.0. The van der Waals surface area contributed by atoms with Crippen molar-refractivity contribution in [1.82, 2.24) is 0 Å². The average Bonchev–Trinajstić information content (AvgIpc) is 2.77. The van der Waals surface area contributed by atoms with E-state index in [9.17, 15) is 22.6 Å². The third kappa shape index (κ3) is 4.15. The zero-order chi connectivity index (χ0) is 23.6. The number of carbonyl (C=O) groups excluding carboxylic acids is 2. The lowest BCUT2D eigenvalue weighted by atomic mass is 9.87. The largest absolute Gasteiger partial charge is 0.465 e. The molecule has 0 aliphatic carbocycles. The van der Waals surface area contributed by atoms with Crippen LogP contribution in [0.2, 0.25) is 0 Å². The van der Waals surface area contributed by atoms with E-state index in [-0.39, 0.29) is 22.3 Å². The second-order valence-corrected chi connectivity index (χ2v) is 8.50. The Labute approximate surface area is 186 Å². The smallest absolute Gasteiger partial charge is 0.338 e. The van der Waals surface area contributed by atoms with E-state index in [1.807, 2.05) is 0 Å². The van der Waals surface area contributed by atoms with Crippen LogP contribution >= 0.6 is 0 Å². The fraction of sp³-hybridized carbons (Fsp3) is 0.167. The molecule has 0 amide bonds. The summed E-state index contributed by atoms with van der Waals surface area (Å²) in [5.74, 6) is -1.73. The lowest BCUT2D eigenvalue weighted by Crippen LogP contribution is -2.16. The fourth-order valence-electron chi connectivity index (χ4n) is 3.70. The molecule has 0 heterocycles. The molecule has 166 valence electrons. The zero-order valence-corrected chi connectivity index (χ0v) is 18.8. The quantitative estimate of drug-likeness (QED) is 0.448. The van der Waals surface area contributed by atoms with Crippen LogP contribution in [-0.4, -0.2) is 39.1 Å². The molecule has 32 heavy (non-hydrogen) atoms. The third-order valence-corrected chi connectivity index (χ3v) is 6.10. The number of rotatable bonds is 5. The van der Waals surface area contributed by atoms with Crippen LogP contribution in [0, 0.1) is 13.8 Å². The van der Waals surface area contributed by atoms with Gasteiger partial charge >= 0.3 is 11.9 Å². The molecular weight excluding hydrogens is 432 g/mol. The maximum absolute atomic E-state index is 12.8. The first kappa shape index (κ1) is 23.2. The van der Waals surface area contributed by atoms with Crippen LogP contribution in [0.1, 0.15) is 31.8 Å². The van der Waals surface area contributed by atoms with Gasteiger partial charge in [0.2, 0.25) is 0 Å². The van der Waals surface area contributed by atoms with Crippen molar-refractivity contribution in [3.63, 3.8) is 0 Å². The van der Waals surface area contributed by atoms with Gasteiger partial charge in [-0.25, -0.2) is 9.59 Å². The molecular formula is C24H22O7S. The molecule has 3 aromatic carbocycles. The summed E-state index contributed by atoms with van der Waals surface area (Å²) < 4.78 is 45.8. The molecule has 0 unspecified atom stereocenters. The summed E-state index contributed by atoms with van der Waals surface area (Å²) >= 11 is 0. The minimum absolute atomic E-state index is 0.0524. The monoisotopic (exact) mass is 454 g/mol. The van der Waals surface area contributed by atoms with Gasteiger partial charge in [-0.2, -0.15) is 8.42 Å². The van der Waals surface area contributed by atoms with Crippen LogP contribution < -0.4 is 0 Å². The van der Waals surface area contributed by atoms with Gasteiger partial charge in [0.15, 0.2) is 0 Å². The molecule has 3 rings (SSSR count). The Morgan fingerprint density at radius 2 is 1.12 bits per heavy atom. The topological polar surface area (TPSA) is 107 Å². The number of benzene rings is 3. The van der Waals surface area contributed by atoms with Crippen LogP contribution in [0.15, 0.2) is 59.5 Å². The highest BCUT2D eigenvalue weighted by atomic mass is 32.2. The maximum atomic E-state index is 12.8. The number of esters is 2. The summed E-state index contributed by atoms with van der Waals surface area (Å²) in [5, 5.41) is 0. The molecule has 0 spiro atoms. The Hall–Kier alpha value is -3.49. The molecule has 0 radical (unpaired) electrons. The normalized spacial score (nSPS) is 11.2. The lowest BCUT2D eigenvalue weighted by molar-refractivity contribution is 0.0600. The second kappa shape index (κ2) is 8.94. The third-order valence-electron chi connectivity index (χ3n) is 5.18. The first-order chi connectivity index (χ1) is 15.1. The standard InChI is InChI=1S/C24H22O7S/c1-14-9-5-7-11-16(14)20-18(23(25)30-3)13-19(24(26)31-4)21(22(20)32(27,28)29)17-12-8-6-10-15(17)2/h5-13H,1-4H3,(H,27,28,29). The first-order valence-electron chi connectivity index (χ1n) is 9.59. The molecule has 1 N–H and O–H groups in total. The van der Waals surface area contributed by atoms with Crippen LogP contribution in [0.25, 0.3) is 22.3 Å². The van der Waals surface area contributed by atoms with Crippen LogP contribution in [0.5, 0.6) is 0 Å². The number of methoxy groups -OCH3 is 2. The van der Waals surface area contributed by atoms with Gasteiger partial charge in [0, 0.05) is 11.1 Å².